The van der Waals surface area contributed by atoms with Crippen molar-refractivity contribution in [3.8, 4) is 38.4 Å². The van der Waals surface area contributed by atoms with Gasteiger partial charge in [-0.3, -0.25) is 38.4 Å². The first-order valence-electron chi connectivity index (χ1n) is 32.3. The highest BCUT2D eigenvalue weighted by atomic mass is 32.1. The Labute approximate surface area is 554 Å². The number of aliphatic hydroxyl groups is 6. The molecular formula is C65H89N11O18S. The van der Waals surface area contributed by atoms with Crippen LogP contribution in [0.15, 0.2) is 66.7 Å². The lowest BCUT2D eigenvalue weighted by Gasteiger charge is -2.34. The molecule has 4 aliphatic rings. The Morgan fingerprint density at radius 3 is 2.01 bits per heavy atom. The minimum atomic E-state index is -2.09. The van der Waals surface area contributed by atoms with E-state index in [4.69, 9.17) is 19.9 Å². The van der Waals surface area contributed by atoms with Crippen LogP contribution in [0.25, 0.3) is 21.1 Å². The number of hydrogen-bond acceptors (Lipinski definition) is 22. The van der Waals surface area contributed by atoms with Crippen LogP contribution in [-0.4, -0.2) is 247 Å². The number of carbonyl (C=O) groups is 8. The van der Waals surface area contributed by atoms with E-state index in [1.807, 2.05) is 24.3 Å². The van der Waals surface area contributed by atoms with Crippen LogP contribution in [-0.2, 0) is 44.7 Å². The van der Waals surface area contributed by atoms with Crippen molar-refractivity contribution in [2.45, 2.75) is 164 Å². The summed E-state index contributed by atoms with van der Waals surface area (Å²) in [6.07, 6.45) is -4.25. The molecule has 8 amide bonds. The zero-order valence-corrected chi connectivity index (χ0v) is 54.4. The summed E-state index contributed by atoms with van der Waals surface area (Å²) < 4.78 is 16.8. The number of rotatable bonds is 23. The maximum absolute atomic E-state index is 14.8. The summed E-state index contributed by atoms with van der Waals surface area (Å²) in [7, 11) is 1.70. The highest BCUT2D eigenvalue weighted by molar-refractivity contribution is 7.17. The van der Waals surface area contributed by atoms with Crippen LogP contribution in [0.2, 0.25) is 0 Å². The van der Waals surface area contributed by atoms with Gasteiger partial charge >= 0.3 is 0 Å². The predicted molar refractivity (Wildman–Crippen MR) is 344 cm³/mol. The number of methoxy groups -OCH3 is 1. The van der Waals surface area contributed by atoms with Gasteiger partial charge in [0.1, 0.15) is 52.0 Å². The molecule has 0 saturated carbocycles. The third-order valence-corrected chi connectivity index (χ3v) is 18.4. The molecule has 5 heterocycles. The Bertz CT molecular complexity index is 3260. The van der Waals surface area contributed by atoms with Crippen molar-refractivity contribution in [2.24, 2.45) is 11.7 Å². The van der Waals surface area contributed by atoms with Gasteiger partial charge in [0.25, 0.3) is 11.8 Å². The number of nitrogens with two attached hydrogens (primary N) is 1. The van der Waals surface area contributed by atoms with Gasteiger partial charge in [0.2, 0.25) is 35.4 Å². The number of benzene rings is 3. The number of β-amino-alcohol motifs (C(OH)–C–C–N with tert-alkyl or cyclic N) is 1. The summed E-state index contributed by atoms with van der Waals surface area (Å²) in [4.78, 5) is 118. The van der Waals surface area contributed by atoms with Crippen LogP contribution in [0.1, 0.15) is 100 Å². The van der Waals surface area contributed by atoms with E-state index in [1.54, 1.807) is 24.1 Å². The summed E-state index contributed by atoms with van der Waals surface area (Å²) in [5, 5.41) is 102. The topological polar surface area (TPSA) is 428 Å². The van der Waals surface area contributed by atoms with Crippen LogP contribution in [0.4, 0.5) is 0 Å². The first kappa shape index (κ1) is 72.9. The number of aliphatic hydroxyl groups excluding tert-OH is 6. The molecule has 1 aromatic heterocycles. The fourth-order valence-electron chi connectivity index (χ4n) is 12.0. The van der Waals surface area contributed by atoms with Crippen molar-refractivity contribution < 1.29 is 88.3 Å². The molecule has 3 aromatic carbocycles. The maximum Gasteiger partial charge on any atom is 0.260 e. The van der Waals surface area contributed by atoms with E-state index in [0.29, 0.717) is 35.3 Å². The number of aromatic hydroxyl groups is 1. The second-order valence-corrected chi connectivity index (χ2v) is 25.7. The highest BCUT2D eigenvalue weighted by Gasteiger charge is 2.50. The molecular weight excluding hydrogens is 1250 g/mol. The Hall–Kier alpha value is -7.94. The number of ether oxygens (including phenoxy) is 3. The molecule has 0 unspecified atom stereocenters. The molecule has 13 atom stereocenters. The van der Waals surface area contributed by atoms with Crippen LogP contribution in [0.3, 0.4) is 0 Å². The molecule has 8 rings (SSSR count). The third-order valence-electron chi connectivity index (χ3n) is 17.4. The number of phenolic OH excluding ortho intramolecular Hbond substituents is 1. The molecule has 0 bridgehead atoms. The lowest BCUT2D eigenvalue weighted by atomic mass is 9.98. The minimum Gasteiger partial charge on any atom is -0.504 e. The molecule has 30 heteroatoms. The summed E-state index contributed by atoms with van der Waals surface area (Å²) in [6, 6.07) is 6.41. The summed E-state index contributed by atoms with van der Waals surface area (Å²) in [6.45, 7) is 2.91. The molecule has 29 nitrogen and oxygen atoms in total. The quantitative estimate of drug-likeness (QED) is 0.0406. The van der Waals surface area contributed by atoms with Crippen molar-refractivity contribution >= 4 is 58.6 Å². The number of aromatic nitrogens is 2. The van der Waals surface area contributed by atoms with Gasteiger partial charge in [-0.15, -0.1) is 10.2 Å². The first-order chi connectivity index (χ1) is 45.5. The number of piperidine rings is 1. The fourth-order valence-corrected chi connectivity index (χ4v) is 12.9. The number of amides is 8. The first-order valence-corrected chi connectivity index (χ1v) is 33.1. The zero-order chi connectivity index (χ0) is 68.5. The van der Waals surface area contributed by atoms with Crippen molar-refractivity contribution in [3.63, 3.8) is 0 Å². The molecule has 518 valence electrons. The number of fused-ring (bicyclic) bond motifs is 2. The van der Waals surface area contributed by atoms with E-state index in [1.165, 1.54) is 48.6 Å². The average molecular weight is 1340 g/mol. The standard InChI is InChI=1S/C65H89N11O18S/c1-36-33-76-55(56(36)84)61(89)67-32-42(78)30-45(68-57(85)39-13-15-40(16-14-39)62-72-73-63(95-62)41-17-19-44(20-18-41)93-27-11-6-4-5-10-26-92-3)58(86)69-52(37(2)77)64(90)75-34-43(79)31-46(75)59(87)70-53(60(88)71-54(65(76)91)48(81)22-23-66)49(82)28-38-12-21-47(80)50(29-38)94-35-51(83)74-24-8-7-9-25-74/h12-21,29,36-37,42-43,45-46,48-49,52-56,77-82,84H,4-11,22-28,30-35,66H2,1-3H3,(H,67,89)(H,68,85)(H,69,86)(H,70,87)(H,71,88)/t36-,37+,42+,43+,45-,46-,48+,49+,52-,53-,54-,55-,56-/m0/s1. The number of carbonyl (C=O) groups excluding carboxylic acids is 8. The molecule has 4 aromatic rings. The molecule has 0 radical (unpaired) electrons. The van der Waals surface area contributed by atoms with Crippen LogP contribution >= 0.6 is 11.3 Å². The SMILES string of the molecule is COCCCCCCCOc1ccc(-c2nnc(-c3ccc(C(=O)N[C@H]4C[C@@H](O)CNC(=O)[C@@H]5[C@@H](O)[C@@H](C)CN5C(=O)[C@H]([C@H](O)CCN)NC(=O)[C@H]([C@H](O)Cc5ccc(O)c(OCC(=O)N6CCCCC6)c5)NC(=O)[C@@H]5C[C@@H](O)CN5C(=O)[C@H]([C@@H](C)O)NC4=O)cc3)s2)cc1. The van der Waals surface area contributed by atoms with Gasteiger partial charge in [-0.1, -0.05) is 55.7 Å². The van der Waals surface area contributed by atoms with Gasteiger partial charge in [0.15, 0.2) is 18.1 Å². The second-order valence-electron chi connectivity index (χ2n) is 24.7. The number of likely N-dealkylation sites (tertiary alicyclic amines) is 1. The average Bonchev–Trinajstić information content (AvgIpc) is 1.70. The molecule has 95 heavy (non-hydrogen) atoms. The fraction of sp³-hybridized carbons (Fsp3) is 0.569. The Kier molecular flexibility index (Phi) is 26.6. The summed E-state index contributed by atoms with van der Waals surface area (Å²) in [5.74, 6) is -8.59. The van der Waals surface area contributed by atoms with Gasteiger partial charge < -0.3 is 97.0 Å². The highest BCUT2D eigenvalue weighted by Crippen LogP contribution is 2.33. The molecule has 4 aliphatic heterocycles. The Balaban J connectivity index is 1.04. The van der Waals surface area contributed by atoms with Crippen molar-refractivity contribution in [3.05, 3.63) is 77.9 Å². The van der Waals surface area contributed by atoms with Gasteiger partial charge in [0, 0.05) is 88.3 Å². The number of unbranched alkanes of at least 4 members (excludes halogenated alkanes) is 4. The van der Waals surface area contributed by atoms with E-state index in [9.17, 15) is 74.1 Å². The van der Waals surface area contributed by atoms with Gasteiger partial charge in [-0.25, -0.2) is 0 Å². The Morgan fingerprint density at radius 2 is 1.35 bits per heavy atom. The van der Waals surface area contributed by atoms with Gasteiger partial charge in [-0.2, -0.15) is 0 Å². The van der Waals surface area contributed by atoms with Crippen LogP contribution < -0.4 is 41.8 Å². The van der Waals surface area contributed by atoms with E-state index in [0.717, 1.165) is 86.0 Å². The maximum atomic E-state index is 14.8. The lowest BCUT2D eigenvalue weighted by molar-refractivity contribution is -0.147. The normalized spacial score (nSPS) is 25.2. The van der Waals surface area contributed by atoms with Crippen LogP contribution in [0.5, 0.6) is 17.2 Å². The number of nitrogens with one attached hydrogen (secondary N) is 5. The smallest absolute Gasteiger partial charge is 0.260 e. The third kappa shape index (κ3) is 19.4. The van der Waals surface area contributed by atoms with Crippen molar-refractivity contribution in [1.82, 2.24) is 51.5 Å². The molecule has 4 fully saturated rings. The predicted octanol–water partition coefficient (Wildman–Crippen LogP) is -0.758. The molecule has 4 saturated heterocycles. The molecule has 14 N–H and O–H groups in total. The monoisotopic (exact) mass is 1340 g/mol. The van der Waals surface area contributed by atoms with Crippen LogP contribution in [0, 0.1) is 5.92 Å². The Morgan fingerprint density at radius 1 is 0.716 bits per heavy atom. The van der Waals surface area contributed by atoms with E-state index in [-0.39, 0.29) is 48.0 Å². The van der Waals surface area contributed by atoms with Gasteiger partial charge in [0.05, 0.1) is 43.2 Å². The largest absolute Gasteiger partial charge is 0.504 e. The van der Waals surface area contributed by atoms with E-state index in [2.05, 4.69) is 36.8 Å². The lowest BCUT2D eigenvalue weighted by Crippen LogP contribution is -2.64. The number of hydrogen-bond donors (Lipinski definition) is 13. The van der Waals surface area contributed by atoms with Crippen molar-refractivity contribution in [1.29, 1.82) is 0 Å². The zero-order valence-electron chi connectivity index (χ0n) is 53.5. The number of phenols is 1. The second kappa shape index (κ2) is 34.6. The van der Waals surface area contributed by atoms with E-state index < -0.39 is 159 Å². The van der Waals surface area contributed by atoms with E-state index >= 15 is 0 Å². The summed E-state index contributed by atoms with van der Waals surface area (Å²) in [5.41, 5.74) is 7.45. The van der Waals surface area contributed by atoms with Crippen molar-refractivity contribution in [2.75, 3.05) is 66.2 Å². The summed E-state index contributed by atoms with van der Waals surface area (Å²) >= 11 is 1.30. The van der Waals surface area contributed by atoms with Gasteiger partial charge in [-0.05, 0) is 106 Å². The molecule has 0 aliphatic carbocycles. The molecule has 0 spiro atoms. The number of nitrogens with zero attached hydrogens (tertiary/aromatic N) is 5. The minimum absolute atomic E-state index is 0.0275.